The minimum Gasteiger partial charge on any atom is -0.367 e. The first-order chi connectivity index (χ1) is 12.8. The third-order valence-electron chi connectivity index (χ3n) is 4.42. The normalized spacial score (nSPS) is 14.8. The van der Waals surface area contributed by atoms with Gasteiger partial charge in [0.05, 0.1) is 16.8 Å². The first-order valence-electron chi connectivity index (χ1n) is 8.41. The van der Waals surface area contributed by atoms with E-state index >= 15 is 0 Å². The first kappa shape index (κ1) is 18.8. The molecule has 6 nitrogen and oxygen atoms in total. The van der Waals surface area contributed by atoms with Crippen molar-refractivity contribution in [2.24, 2.45) is 0 Å². The van der Waals surface area contributed by atoms with Gasteiger partial charge in [0.1, 0.15) is 11.9 Å². The fourth-order valence-electron chi connectivity index (χ4n) is 2.98. The maximum atomic E-state index is 12.9. The van der Waals surface area contributed by atoms with Gasteiger partial charge in [-0.15, -0.1) is 0 Å². The van der Waals surface area contributed by atoms with E-state index in [1.807, 2.05) is 36.0 Å². The number of benzene rings is 1. The van der Waals surface area contributed by atoms with Crippen molar-refractivity contribution in [3.63, 3.8) is 0 Å². The van der Waals surface area contributed by atoms with Crippen LogP contribution in [0, 0.1) is 11.3 Å². The lowest BCUT2D eigenvalue weighted by Gasteiger charge is -2.37. The summed E-state index contributed by atoms with van der Waals surface area (Å²) in [5.41, 5.74) is -0.240. The van der Waals surface area contributed by atoms with Crippen LogP contribution in [0.1, 0.15) is 11.1 Å². The van der Waals surface area contributed by atoms with Gasteiger partial charge < -0.3 is 14.7 Å². The Morgan fingerprint density at radius 2 is 1.74 bits per heavy atom. The Kier molecular flexibility index (Phi) is 5.08. The summed E-state index contributed by atoms with van der Waals surface area (Å²) >= 11 is 0. The lowest BCUT2D eigenvalue weighted by atomic mass is 10.1. The van der Waals surface area contributed by atoms with E-state index in [1.165, 1.54) is 6.07 Å². The van der Waals surface area contributed by atoms with E-state index in [-0.39, 0.29) is 5.56 Å². The average molecular weight is 376 g/mol. The molecule has 9 heteroatoms. The van der Waals surface area contributed by atoms with Crippen molar-refractivity contribution < 1.29 is 13.2 Å². The Morgan fingerprint density at radius 3 is 2.33 bits per heavy atom. The minimum absolute atomic E-state index is 0.0372. The molecule has 1 aliphatic heterocycles. The molecule has 1 fully saturated rings. The third kappa shape index (κ3) is 4.05. The molecule has 2 aromatic rings. The predicted octanol–water partition coefficient (Wildman–Crippen LogP) is 2.76. The number of halogens is 3. The Bertz CT molecular complexity index is 851. The summed E-state index contributed by atoms with van der Waals surface area (Å²) in [7, 11) is 3.73. The minimum atomic E-state index is -4.46. The summed E-state index contributed by atoms with van der Waals surface area (Å²) in [5, 5.41) is 9.28. The van der Waals surface area contributed by atoms with E-state index in [1.54, 1.807) is 6.20 Å². The Labute approximate surface area is 155 Å². The molecule has 0 spiro atoms. The number of nitriles is 1. The van der Waals surface area contributed by atoms with Crippen molar-refractivity contribution in [2.75, 3.05) is 55.0 Å². The van der Waals surface area contributed by atoms with Gasteiger partial charge >= 0.3 is 6.18 Å². The van der Waals surface area contributed by atoms with Gasteiger partial charge in [-0.2, -0.15) is 23.4 Å². The Hall–Kier alpha value is -3.02. The largest absolute Gasteiger partial charge is 0.416 e. The molecule has 0 aliphatic carbocycles. The predicted molar refractivity (Wildman–Crippen MR) is 96.9 cm³/mol. The van der Waals surface area contributed by atoms with Gasteiger partial charge in [0.2, 0.25) is 5.95 Å². The highest BCUT2D eigenvalue weighted by atomic mass is 19.4. The standard InChI is InChI=1S/C18H19F3N6/c1-25(2)17-23-6-5-16(24-17)27-9-7-26(8-10-27)15-4-3-14(18(19,20)21)11-13(15)12-22/h3-6,11H,7-10H2,1-2H3. The molecule has 1 aromatic carbocycles. The fraction of sp³-hybridized carbons (Fsp3) is 0.389. The number of hydrogen-bond acceptors (Lipinski definition) is 6. The maximum absolute atomic E-state index is 12.9. The number of rotatable bonds is 3. The van der Waals surface area contributed by atoms with Crippen molar-refractivity contribution in [1.29, 1.82) is 5.26 Å². The van der Waals surface area contributed by atoms with Crippen molar-refractivity contribution in [1.82, 2.24) is 9.97 Å². The lowest BCUT2D eigenvalue weighted by Crippen LogP contribution is -2.47. The van der Waals surface area contributed by atoms with Gasteiger partial charge in [0.15, 0.2) is 0 Å². The molecule has 0 saturated carbocycles. The van der Waals surface area contributed by atoms with E-state index < -0.39 is 11.7 Å². The molecule has 27 heavy (non-hydrogen) atoms. The van der Waals surface area contributed by atoms with Gasteiger partial charge in [0.25, 0.3) is 0 Å². The second-order valence-corrected chi connectivity index (χ2v) is 6.42. The third-order valence-corrected chi connectivity index (χ3v) is 4.42. The molecule has 0 bridgehead atoms. The molecule has 3 rings (SSSR count). The molecule has 1 aromatic heterocycles. The van der Waals surface area contributed by atoms with Crippen LogP contribution >= 0.6 is 0 Å². The van der Waals surface area contributed by atoms with Crippen LogP contribution in [-0.2, 0) is 6.18 Å². The summed E-state index contributed by atoms with van der Waals surface area (Å²) in [5.74, 6) is 1.42. The summed E-state index contributed by atoms with van der Waals surface area (Å²) in [6, 6.07) is 7.04. The second kappa shape index (κ2) is 7.31. The average Bonchev–Trinajstić information content (AvgIpc) is 2.67. The highest BCUT2D eigenvalue weighted by molar-refractivity contribution is 5.61. The van der Waals surface area contributed by atoms with Gasteiger partial charge in [0, 0.05) is 46.5 Å². The molecular formula is C18H19F3N6. The van der Waals surface area contributed by atoms with Crippen molar-refractivity contribution >= 4 is 17.5 Å². The van der Waals surface area contributed by atoms with Crippen molar-refractivity contribution in [3.8, 4) is 6.07 Å². The van der Waals surface area contributed by atoms with E-state index in [0.29, 0.717) is 37.8 Å². The number of hydrogen-bond donors (Lipinski definition) is 0. The zero-order valence-corrected chi connectivity index (χ0v) is 15.0. The van der Waals surface area contributed by atoms with Crippen molar-refractivity contribution in [3.05, 3.63) is 41.6 Å². The van der Waals surface area contributed by atoms with Crippen LogP contribution in [0.3, 0.4) is 0 Å². The zero-order chi connectivity index (χ0) is 19.6. The molecule has 2 heterocycles. The quantitative estimate of drug-likeness (QED) is 0.821. The van der Waals surface area contributed by atoms with Crippen LogP contribution in [0.5, 0.6) is 0 Å². The molecule has 0 unspecified atom stereocenters. The summed E-state index contributed by atoms with van der Waals surface area (Å²) in [4.78, 5) is 14.6. The number of aromatic nitrogens is 2. The van der Waals surface area contributed by atoms with E-state index in [4.69, 9.17) is 0 Å². The summed E-state index contributed by atoms with van der Waals surface area (Å²) in [6.07, 6.45) is -2.76. The Balaban J connectivity index is 1.74. The summed E-state index contributed by atoms with van der Waals surface area (Å²) in [6.45, 7) is 2.47. The lowest BCUT2D eigenvalue weighted by molar-refractivity contribution is -0.137. The van der Waals surface area contributed by atoms with Crippen LogP contribution < -0.4 is 14.7 Å². The monoisotopic (exact) mass is 376 g/mol. The van der Waals surface area contributed by atoms with Gasteiger partial charge in [-0.05, 0) is 24.3 Å². The number of anilines is 3. The van der Waals surface area contributed by atoms with E-state index in [0.717, 1.165) is 18.0 Å². The Morgan fingerprint density at radius 1 is 1.07 bits per heavy atom. The van der Waals surface area contributed by atoms with E-state index in [2.05, 4.69) is 14.9 Å². The number of piperazine rings is 1. The first-order valence-corrected chi connectivity index (χ1v) is 8.41. The number of alkyl halides is 3. The highest BCUT2D eigenvalue weighted by Crippen LogP contribution is 2.33. The smallest absolute Gasteiger partial charge is 0.367 e. The molecule has 142 valence electrons. The molecule has 1 aliphatic rings. The maximum Gasteiger partial charge on any atom is 0.416 e. The van der Waals surface area contributed by atoms with E-state index in [9.17, 15) is 18.4 Å². The summed E-state index contributed by atoms with van der Waals surface area (Å²) < 4.78 is 38.6. The molecule has 0 N–H and O–H groups in total. The van der Waals surface area contributed by atoms with Gasteiger partial charge in [-0.3, -0.25) is 0 Å². The highest BCUT2D eigenvalue weighted by Gasteiger charge is 2.31. The molecule has 0 amide bonds. The zero-order valence-electron chi connectivity index (χ0n) is 15.0. The number of nitrogens with zero attached hydrogens (tertiary/aromatic N) is 6. The topological polar surface area (TPSA) is 59.3 Å². The van der Waals surface area contributed by atoms with Crippen LogP contribution in [0.15, 0.2) is 30.5 Å². The van der Waals surface area contributed by atoms with Crippen LogP contribution in [0.4, 0.5) is 30.6 Å². The van der Waals surface area contributed by atoms with Crippen LogP contribution in [0.2, 0.25) is 0 Å². The SMILES string of the molecule is CN(C)c1nccc(N2CCN(c3ccc(C(F)(F)F)cc3C#N)CC2)n1. The van der Waals surface area contributed by atoms with Crippen molar-refractivity contribution in [2.45, 2.75) is 6.18 Å². The van der Waals surface area contributed by atoms with Crippen LogP contribution in [0.25, 0.3) is 0 Å². The van der Waals surface area contributed by atoms with Gasteiger partial charge in [-0.1, -0.05) is 0 Å². The fourth-order valence-corrected chi connectivity index (χ4v) is 2.98. The van der Waals surface area contributed by atoms with Crippen LogP contribution in [-0.4, -0.2) is 50.2 Å². The molecule has 0 radical (unpaired) electrons. The molecule has 0 atom stereocenters. The van der Waals surface area contributed by atoms with Gasteiger partial charge in [-0.25, -0.2) is 4.98 Å². The molecule has 1 saturated heterocycles. The molecular weight excluding hydrogens is 357 g/mol. The second-order valence-electron chi connectivity index (χ2n) is 6.42.